The highest BCUT2D eigenvalue weighted by atomic mass is 32.2. The van der Waals surface area contributed by atoms with Crippen molar-refractivity contribution in [2.24, 2.45) is 0 Å². The van der Waals surface area contributed by atoms with E-state index < -0.39 is 0 Å². The van der Waals surface area contributed by atoms with E-state index in [1.54, 1.807) is 18.2 Å². The van der Waals surface area contributed by atoms with E-state index in [-0.39, 0.29) is 28.4 Å². The molecule has 6 heteroatoms. The van der Waals surface area contributed by atoms with Crippen molar-refractivity contribution in [1.82, 2.24) is 9.88 Å². The largest absolute Gasteiger partial charge is 0.340 e. The average Bonchev–Trinajstić information content (AvgIpc) is 3.19. The van der Waals surface area contributed by atoms with Crippen LogP contribution in [0.25, 0.3) is 17.0 Å². The van der Waals surface area contributed by atoms with E-state index in [1.165, 1.54) is 0 Å². The van der Waals surface area contributed by atoms with E-state index in [9.17, 15) is 14.4 Å². The number of Topliss-reactive ketones (excluding diaryl/α,β-unsaturated/α-hetero) is 1. The maximum atomic E-state index is 12.5. The van der Waals surface area contributed by atoms with Gasteiger partial charge in [0.2, 0.25) is 5.12 Å². The van der Waals surface area contributed by atoms with Gasteiger partial charge in [0.1, 0.15) is 0 Å². The number of nitrogens with zero attached hydrogens (tertiary/aromatic N) is 1. The van der Waals surface area contributed by atoms with E-state index in [0.717, 1.165) is 16.5 Å². The summed E-state index contributed by atoms with van der Waals surface area (Å²) in [6.45, 7) is 0.235. The van der Waals surface area contributed by atoms with Gasteiger partial charge in [-0.25, -0.2) is 0 Å². The molecular weight excluding hydrogens is 348 g/mol. The molecular formula is C20H14N2O3S. The van der Waals surface area contributed by atoms with Gasteiger partial charge in [-0.1, -0.05) is 42.5 Å². The number of hydrogen-bond acceptors (Lipinski definition) is 4. The molecule has 1 aliphatic heterocycles. The predicted octanol–water partition coefficient (Wildman–Crippen LogP) is 3.85. The number of carbonyl (C=O) groups excluding carboxylic acids is 3. The summed E-state index contributed by atoms with van der Waals surface area (Å²) in [4.78, 5) is 35.6. The Labute approximate surface area is 153 Å². The molecule has 0 saturated carbocycles. The van der Waals surface area contributed by atoms with Gasteiger partial charge in [-0.2, -0.15) is 0 Å². The lowest BCUT2D eigenvalue weighted by molar-refractivity contribution is -0.107. The lowest BCUT2D eigenvalue weighted by Gasteiger charge is -2.06. The molecule has 1 amide bonds. The van der Waals surface area contributed by atoms with Crippen molar-refractivity contribution in [3.05, 3.63) is 77.6 Å². The summed E-state index contributed by atoms with van der Waals surface area (Å²) >= 11 is 0.657. The van der Waals surface area contributed by atoms with Crippen molar-refractivity contribution >= 4 is 44.9 Å². The van der Waals surface area contributed by atoms with Crippen LogP contribution in [0.15, 0.2) is 66.5 Å². The zero-order valence-corrected chi connectivity index (χ0v) is 14.5. The highest BCUT2D eigenvalue weighted by molar-refractivity contribution is 8.27. The number of benzene rings is 2. The number of ketones is 1. The molecule has 26 heavy (non-hydrogen) atoms. The van der Waals surface area contributed by atoms with Gasteiger partial charge in [0.15, 0.2) is 5.78 Å². The van der Waals surface area contributed by atoms with Gasteiger partial charge in [-0.15, -0.1) is 0 Å². The van der Waals surface area contributed by atoms with Gasteiger partial charge in [-0.05, 0) is 23.8 Å². The molecule has 0 radical (unpaired) electrons. The fraction of sp³-hybridized carbons (Fsp3) is 0.0500. The van der Waals surface area contributed by atoms with E-state index in [4.69, 9.17) is 0 Å². The van der Waals surface area contributed by atoms with E-state index in [0.29, 0.717) is 17.3 Å². The normalized spacial score (nSPS) is 15.6. The second kappa shape index (κ2) is 6.65. The summed E-state index contributed by atoms with van der Waals surface area (Å²) < 4.78 is 1.89. The second-order valence-electron chi connectivity index (χ2n) is 5.87. The summed E-state index contributed by atoms with van der Waals surface area (Å²) in [6.07, 6.45) is 3.53. The molecule has 1 saturated heterocycles. The molecule has 0 spiro atoms. The van der Waals surface area contributed by atoms with E-state index in [1.807, 2.05) is 53.2 Å². The first-order chi connectivity index (χ1) is 12.6. The van der Waals surface area contributed by atoms with Crippen LogP contribution >= 0.6 is 11.8 Å². The quantitative estimate of drug-likeness (QED) is 0.565. The Morgan fingerprint density at radius 2 is 1.85 bits per heavy atom. The summed E-state index contributed by atoms with van der Waals surface area (Å²) in [7, 11) is 0. The fourth-order valence-electron chi connectivity index (χ4n) is 2.96. The van der Waals surface area contributed by atoms with Crippen LogP contribution in [-0.4, -0.2) is 20.7 Å². The Morgan fingerprint density at radius 3 is 2.58 bits per heavy atom. The van der Waals surface area contributed by atoms with Crippen LogP contribution in [0.4, 0.5) is 4.79 Å². The second-order valence-corrected chi connectivity index (χ2v) is 6.82. The van der Waals surface area contributed by atoms with Gasteiger partial charge < -0.3 is 9.88 Å². The average molecular weight is 362 g/mol. The lowest BCUT2D eigenvalue weighted by Crippen LogP contribution is -2.10. The first-order valence-electron chi connectivity index (χ1n) is 8.03. The van der Waals surface area contributed by atoms with Crippen molar-refractivity contribution in [3.63, 3.8) is 0 Å². The highest BCUT2D eigenvalue weighted by Crippen LogP contribution is 2.26. The van der Waals surface area contributed by atoms with Crippen LogP contribution in [0.1, 0.15) is 15.9 Å². The van der Waals surface area contributed by atoms with Gasteiger partial charge in [0, 0.05) is 34.4 Å². The van der Waals surface area contributed by atoms with Gasteiger partial charge in [0.05, 0.1) is 12.2 Å². The van der Waals surface area contributed by atoms with E-state index >= 15 is 0 Å². The maximum Gasteiger partial charge on any atom is 0.291 e. The van der Waals surface area contributed by atoms with Gasteiger partial charge in [-0.3, -0.25) is 14.4 Å². The third kappa shape index (κ3) is 3.07. The monoisotopic (exact) mass is 362 g/mol. The van der Waals surface area contributed by atoms with Gasteiger partial charge >= 0.3 is 0 Å². The molecule has 0 aliphatic carbocycles. The van der Waals surface area contributed by atoms with E-state index in [2.05, 4.69) is 5.32 Å². The minimum Gasteiger partial charge on any atom is -0.340 e. The van der Waals surface area contributed by atoms with Gasteiger partial charge in [0.25, 0.3) is 5.24 Å². The number of nitrogens with one attached hydrogen (secondary N) is 1. The first-order valence-corrected chi connectivity index (χ1v) is 8.84. The summed E-state index contributed by atoms with van der Waals surface area (Å²) in [5.41, 5.74) is 2.66. The summed E-state index contributed by atoms with van der Waals surface area (Å²) in [6, 6.07) is 16.8. The van der Waals surface area contributed by atoms with Crippen LogP contribution in [0.3, 0.4) is 0 Å². The molecule has 1 aromatic heterocycles. The SMILES string of the molecule is O=C1NC(=Cc2cccc3c2ccn3CC(=O)c2ccccc2)C(=O)S1. The molecule has 1 fully saturated rings. The van der Waals surface area contributed by atoms with Crippen molar-refractivity contribution in [3.8, 4) is 0 Å². The minimum absolute atomic E-state index is 0.0292. The van der Waals surface area contributed by atoms with Crippen LogP contribution in [0.2, 0.25) is 0 Å². The molecule has 1 N–H and O–H groups in total. The molecule has 0 atom stereocenters. The molecule has 5 nitrogen and oxygen atoms in total. The smallest absolute Gasteiger partial charge is 0.291 e. The lowest BCUT2D eigenvalue weighted by atomic mass is 10.1. The van der Waals surface area contributed by atoms with Crippen LogP contribution < -0.4 is 5.32 Å². The van der Waals surface area contributed by atoms with Crippen LogP contribution in [-0.2, 0) is 11.3 Å². The Morgan fingerprint density at radius 1 is 1.04 bits per heavy atom. The molecule has 2 aromatic carbocycles. The number of carbonyl (C=O) groups is 3. The Hall–Kier alpha value is -3.12. The summed E-state index contributed by atoms with van der Waals surface area (Å²) in [5, 5.41) is 2.82. The van der Waals surface area contributed by atoms with Crippen LogP contribution in [0.5, 0.6) is 0 Å². The Bertz CT molecular complexity index is 1070. The maximum absolute atomic E-state index is 12.5. The number of aromatic nitrogens is 1. The number of rotatable bonds is 4. The third-order valence-electron chi connectivity index (χ3n) is 4.20. The van der Waals surface area contributed by atoms with Crippen LogP contribution in [0, 0.1) is 0 Å². The number of thioether (sulfide) groups is 1. The fourth-order valence-corrected chi connectivity index (χ4v) is 3.51. The molecule has 0 bridgehead atoms. The number of amides is 1. The van der Waals surface area contributed by atoms with Crippen molar-refractivity contribution in [1.29, 1.82) is 0 Å². The standard InChI is InChI=1S/C20H14N2O3S/c23-18(13-5-2-1-3-6-13)12-22-10-9-15-14(7-4-8-17(15)22)11-16-19(24)26-20(25)21-16/h1-11H,12H2,(H,21,25). The van der Waals surface area contributed by atoms with Crippen molar-refractivity contribution in [2.45, 2.75) is 6.54 Å². The molecule has 4 rings (SSSR count). The summed E-state index contributed by atoms with van der Waals surface area (Å²) in [5.74, 6) is 0.0292. The molecule has 3 aromatic rings. The molecule has 2 heterocycles. The van der Waals surface area contributed by atoms with Crippen molar-refractivity contribution < 1.29 is 14.4 Å². The Kier molecular flexibility index (Phi) is 4.18. The minimum atomic E-state index is -0.362. The number of hydrogen-bond donors (Lipinski definition) is 1. The molecule has 0 unspecified atom stereocenters. The third-order valence-corrected chi connectivity index (χ3v) is 4.89. The Balaban J connectivity index is 1.67. The first kappa shape index (κ1) is 16.4. The highest BCUT2D eigenvalue weighted by Gasteiger charge is 2.25. The zero-order valence-electron chi connectivity index (χ0n) is 13.6. The van der Waals surface area contributed by atoms with Crippen molar-refractivity contribution in [2.75, 3.05) is 0 Å². The zero-order chi connectivity index (χ0) is 18.1. The number of fused-ring (bicyclic) bond motifs is 1. The topological polar surface area (TPSA) is 68.2 Å². The predicted molar refractivity (Wildman–Crippen MR) is 102 cm³/mol. The molecule has 1 aliphatic rings. The molecule has 128 valence electrons.